The number of hydrogen-bond acceptors (Lipinski definition) is 0. The minimum Gasteiger partial charge on any atom is -0.0620 e. The van der Waals surface area contributed by atoms with Gasteiger partial charge in [-0.2, -0.15) is 0 Å². The summed E-state index contributed by atoms with van der Waals surface area (Å²) in [4.78, 5) is 0. The molecule has 0 fully saturated rings. The molecule has 54 heavy (non-hydrogen) atoms. The van der Waals surface area contributed by atoms with Crippen LogP contribution in [0.4, 0.5) is 0 Å². The summed E-state index contributed by atoms with van der Waals surface area (Å²) < 4.78 is 1.13. The monoisotopic (exact) mass is 862 g/mol. The Kier molecular flexibility index (Phi) is 13.6. The van der Waals surface area contributed by atoms with Crippen LogP contribution in [-0.4, -0.2) is 4.11 Å². The Morgan fingerprint density at radius 2 is 0.667 bits per heavy atom. The van der Waals surface area contributed by atoms with Crippen LogP contribution in [0.25, 0.3) is 11.6 Å². The number of hydrogen-bond donors (Lipinski definition) is 0. The predicted molar refractivity (Wildman–Crippen MR) is 241 cm³/mol. The minimum absolute atomic E-state index is 0.877. The Bertz CT molecular complexity index is 2070. The summed E-state index contributed by atoms with van der Waals surface area (Å²) in [6, 6.07) is 73.4. The third kappa shape index (κ3) is 9.49. The van der Waals surface area contributed by atoms with E-state index < -0.39 is 29.4 Å². The zero-order valence-electron chi connectivity index (χ0n) is 29.5. The fourth-order valence-electron chi connectivity index (χ4n) is 6.68. The summed E-state index contributed by atoms with van der Waals surface area (Å²) in [5.74, 6) is 0. The van der Waals surface area contributed by atoms with E-state index in [1.54, 1.807) is 0 Å². The fourth-order valence-corrected chi connectivity index (χ4v) is 14.3. The summed E-state index contributed by atoms with van der Waals surface area (Å²) in [6.07, 6.45) is 8.40. The second kappa shape index (κ2) is 19.3. The zero-order chi connectivity index (χ0) is 37.0. The molecule has 7 aromatic carbocycles. The van der Waals surface area contributed by atoms with Gasteiger partial charge in [0.2, 0.25) is 0 Å². The van der Waals surface area contributed by atoms with E-state index in [0.29, 0.717) is 0 Å². The molecule has 0 radical (unpaired) electrons. The van der Waals surface area contributed by atoms with E-state index in [4.69, 9.17) is 19.4 Å². The van der Waals surface area contributed by atoms with Gasteiger partial charge in [-0.15, -0.1) is 0 Å². The molecule has 0 N–H and O–H groups in total. The SMILES string of the molecule is [Cl][Ru]([Cl])=[C]1C=CC=C2C1=Cc1ccccc12.c1ccc([PH+](c2ccccc2)c2ccccc2)cc1.c1ccc([PH+](c2ccccc2)c2ccccc2)cc1. The Balaban J connectivity index is 0.000000126. The molecule has 0 heterocycles. The quantitative estimate of drug-likeness (QED) is 0.115. The molecule has 0 saturated heterocycles. The van der Waals surface area contributed by atoms with Crippen molar-refractivity contribution in [3.05, 3.63) is 241 Å². The zero-order valence-corrected chi connectivity index (χ0v) is 34.8. The molecule has 7 aromatic rings. The maximum Gasteiger partial charge on any atom is 0.102 e. The molecule has 5 heteroatoms. The van der Waals surface area contributed by atoms with Crippen molar-refractivity contribution in [1.82, 2.24) is 0 Å². The Hall–Kier alpha value is -4.31. The van der Waals surface area contributed by atoms with Crippen LogP contribution in [0.15, 0.2) is 230 Å². The number of allylic oxidation sites excluding steroid dienone is 5. The average molecular weight is 863 g/mol. The van der Waals surface area contributed by atoms with Gasteiger partial charge in [0.15, 0.2) is 0 Å². The van der Waals surface area contributed by atoms with Crippen LogP contribution < -0.4 is 31.8 Å². The average Bonchev–Trinajstić information content (AvgIpc) is 3.63. The summed E-state index contributed by atoms with van der Waals surface area (Å²) in [7, 11) is 10.5. The third-order valence-corrected chi connectivity index (χ3v) is 17.7. The molecule has 0 nitrogen and oxygen atoms in total. The number of rotatable bonds is 6. The molecule has 2 aliphatic rings. The maximum absolute atomic E-state index is 6.12. The molecule has 0 aliphatic heterocycles. The molecule has 0 unspecified atom stereocenters. The van der Waals surface area contributed by atoms with Gasteiger partial charge in [0.05, 0.1) is 15.8 Å². The molecular formula is C49H40Cl2P2Ru+2. The van der Waals surface area contributed by atoms with Gasteiger partial charge in [0.25, 0.3) is 0 Å². The van der Waals surface area contributed by atoms with E-state index in [0.717, 1.165) is 4.11 Å². The Morgan fingerprint density at radius 3 is 1.00 bits per heavy atom. The normalized spacial score (nSPS) is 12.7. The van der Waals surface area contributed by atoms with Gasteiger partial charge in [-0.3, -0.25) is 0 Å². The van der Waals surface area contributed by atoms with Crippen LogP contribution in [0.5, 0.6) is 0 Å². The van der Waals surface area contributed by atoms with Gasteiger partial charge in [0.1, 0.15) is 31.8 Å². The van der Waals surface area contributed by atoms with E-state index in [1.807, 2.05) is 12.2 Å². The first-order valence-corrected chi connectivity index (χ1v) is 26.2. The van der Waals surface area contributed by atoms with E-state index in [1.165, 1.54) is 54.1 Å². The van der Waals surface area contributed by atoms with Crippen molar-refractivity contribution in [2.24, 2.45) is 0 Å². The molecule has 9 rings (SSSR count). The molecule has 0 aromatic heterocycles. The van der Waals surface area contributed by atoms with Crippen molar-refractivity contribution in [3.8, 4) is 0 Å². The van der Waals surface area contributed by atoms with E-state index >= 15 is 0 Å². The van der Waals surface area contributed by atoms with Gasteiger partial charge in [-0.25, -0.2) is 0 Å². The van der Waals surface area contributed by atoms with Crippen molar-refractivity contribution in [1.29, 1.82) is 0 Å². The standard InChI is InChI=1S/2C18H15P.C13H8.2ClH.Ru/c2*1-4-10-16(11-5-1)19(17-12-6-2-7-13-17)18-14-8-3-9-15-18;1-3-7-12-10(5-1)9-11-6-2-4-8-13(11)12;;;/h2*1-15H;1-5,7-9H;2*1H;/q;;;;;+2. The summed E-state index contributed by atoms with van der Waals surface area (Å²) >= 11 is -1.83. The summed E-state index contributed by atoms with van der Waals surface area (Å²) in [5.41, 5.74) is 5.01. The maximum atomic E-state index is 6.12. The first kappa shape index (κ1) is 38.0. The van der Waals surface area contributed by atoms with Crippen LogP contribution in [-0.2, 0) is 13.5 Å². The molecule has 0 atom stereocenters. The smallest absolute Gasteiger partial charge is 0.0620 e. The van der Waals surface area contributed by atoms with Crippen LogP contribution in [0.3, 0.4) is 0 Å². The second-order valence-electron chi connectivity index (χ2n) is 12.5. The van der Waals surface area contributed by atoms with E-state index in [9.17, 15) is 0 Å². The van der Waals surface area contributed by atoms with E-state index in [2.05, 4.69) is 218 Å². The second-order valence-corrected chi connectivity index (χ2v) is 23.3. The summed E-state index contributed by atoms with van der Waals surface area (Å²) in [5, 5.41) is 8.61. The number of fused-ring (bicyclic) bond motifs is 3. The molecule has 266 valence electrons. The molecule has 0 spiro atoms. The fraction of sp³-hybridized carbons (Fsp3) is 0. The van der Waals surface area contributed by atoms with Crippen molar-refractivity contribution in [3.63, 3.8) is 0 Å². The number of benzene rings is 7. The first-order valence-electron chi connectivity index (χ1n) is 17.8. The van der Waals surface area contributed by atoms with Gasteiger partial charge in [0, 0.05) is 0 Å². The predicted octanol–water partition coefficient (Wildman–Crippen LogP) is 10.5. The van der Waals surface area contributed by atoms with Crippen molar-refractivity contribution in [2.75, 3.05) is 0 Å². The minimum atomic E-state index is -1.83. The number of halogens is 2. The van der Waals surface area contributed by atoms with Crippen LogP contribution in [0.2, 0.25) is 0 Å². The molecule has 0 amide bonds. The van der Waals surface area contributed by atoms with Crippen molar-refractivity contribution < 1.29 is 13.5 Å². The van der Waals surface area contributed by atoms with E-state index in [-0.39, 0.29) is 0 Å². The largest absolute Gasteiger partial charge is 0.102 e. The van der Waals surface area contributed by atoms with Crippen LogP contribution in [0.1, 0.15) is 11.1 Å². The van der Waals surface area contributed by atoms with Gasteiger partial charge in [-0.05, 0) is 72.8 Å². The van der Waals surface area contributed by atoms with Crippen LogP contribution in [0, 0.1) is 0 Å². The third-order valence-electron chi connectivity index (χ3n) is 9.11. The Labute approximate surface area is 335 Å². The molecular weight excluding hydrogens is 822 g/mol. The van der Waals surface area contributed by atoms with Crippen molar-refractivity contribution >= 4 is 82.8 Å². The molecule has 0 bridgehead atoms. The topological polar surface area (TPSA) is 0 Å². The van der Waals surface area contributed by atoms with Crippen LogP contribution >= 0.6 is 35.2 Å². The van der Waals surface area contributed by atoms with Gasteiger partial charge >= 0.3 is 108 Å². The molecule has 0 saturated carbocycles. The molecule has 2 aliphatic carbocycles. The van der Waals surface area contributed by atoms with Gasteiger partial charge < -0.3 is 0 Å². The van der Waals surface area contributed by atoms with Crippen molar-refractivity contribution in [2.45, 2.75) is 0 Å². The Morgan fingerprint density at radius 1 is 0.352 bits per heavy atom. The summed E-state index contributed by atoms with van der Waals surface area (Å²) in [6.45, 7) is 0. The first-order chi connectivity index (χ1) is 26.7. The van der Waals surface area contributed by atoms with Gasteiger partial charge in [-0.1, -0.05) is 109 Å².